The predicted octanol–water partition coefficient (Wildman–Crippen LogP) is 2.84. The number of amides is 1. The zero-order valence-electron chi connectivity index (χ0n) is 14.0. The topological polar surface area (TPSA) is 80.0 Å². The number of likely N-dealkylation sites (N-methyl/N-ethyl adjacent to an activating group) is 1. The largest absolute Gasteiger partial charge is 0.478 e. The fourth-order valence-corrected chi connectivity index (χ4v) is 2.99. The molecule has 6 heteroatoms. The Morgan fingerprint density at radius 3 is 2.78 bits per heavy atom. The lowest BCUT2D eigenvalue weighted by atomic mass is 9.89. The second-order valence-electron chi connectivity index (χ2n) is 6.44. The summed E-state index contributed by atoms with van der Waals surface area (Å²) in [5.74, 6) is 0.306. The smallest absolute Gasteiger partial charge is 0.339 e. The van der Waals surface area contributed by atoms with Gasteiger partial charge in [-0.3, -0.25) is 4.79 Å². The number of aromatic carboxylic acids is 1. The molecule has 1 aromatic heterocycles. The molecular weight excluding hydrogens is 298 g/mol. The number of aryl methyl sites for hydroxylation is 1. The van der Waals surface area contributed by atoms with Gasteiger partial charge < -0.3 is 19.2 Å². The van der Waals surface area contributed by atoms with Crippen LogP contribution in [0.3, 0.4) is 0 Å². The second-order valence-corrected chi connectivity index (χ2v) is 6.44. The molecule has 1 N–H and O–H groups in total. The maximum Gasteiger partial charge on any atom is 0.339 e. The van der Waals surface area contributed by atoms with E-state index in [1.165, 1.54) is 17.4 Å². The monoisotopic (exact) mass is 323 g/mol. The first-order valence-electron chi connectivity index (χ1n) is 8.05. The van der Waals surface area contributed by atoms with Crippen molar-refractivity contribution in [2.24, 2.45) is 5.92 Å². The molecule has 6 nitrogen and oxygen atoms in total. The van der Waals surface area contributed by atoms with E-state index in [9.17, 15) is 9.59 Å². The standard InChI is InChI=1S/C17H25NO5/c1-11-5-4-6-13(7-11)22-10-16(19)18(3)9-14-8-15(17(20)21)12(2)23-14/h8,11,13H,4-7,9-10H2,1-3H3,(H,20,21)/t11-,13-/m1/s1. The van der Waals surface area contributed by atoms with E-state index in [2.05, 4.69) is 6.92 Å². The van der Waals surface area contributed by atoms with Crippen molar-refractivity contribution in [1.82, 2.24) is 4.90 Å². The number of nitrogens with zero attached hydrogens (tertiary/aromatic N) is 1. The van der Waals surface area contributed by atoms with Gasteiger partial charge >= 0.3 is 5.97 Å². The molecule has 0 aromatic carbocycles. The van der Waals surface area contributed by atoms with Crippen molar-refractivity contribution in [3.63, 3.8) is 0 Å². The van der Waals surface area contributed by atoms with Crippen molar-refractivity contribution in [3.8, 4) is 0 Å². The molecule has 2 rings (SSSR count). The molecule has 128 valence electrons. The Morgan fingerprint density at radius 2 is 2.17 bits per heavy atom. The minimum Gasteiger partial charge on any atom is -0.478 e. The second kappa shape index (κ2) is 7.64. The molecule has 0 saturated heterocycles. The van der Waals surface area contributed by atoms with Gasteiger partial charge in [-0.15, -0.1) is 0 Å². The summed E-state index contributed by atoms with van der Waals surface area (Å²) < 4.78 is 11.1. The van der Waals surface area contributed by atoms with Gasteiger partial charge in [0.05, 0.1) is 12.6 Å². The summed E-state index contributed by atoms with van der Waals surface area (Å²) in [5, 5.41) is 9.01. The molecule has 23 heavy (non-hydrogen) atoms. The van der Waals surface area contributed by atoms with Crippen LogP contribution in [0.25, 0.3) is 0 Å². The summed E-state index contributed by atoms with van der Waals surface area (Å²) in [5.41, 5.74) is 0.133. The third kappa shape index (κ3) is 4.82. The molecule has 1 heterocycles. The van der Waals surface area contributed by atoms with E-state index in [-0.39, 0.29) is 30.7 Å². The van der Waals surface area contributed by atoms with E-state index >= 15 is 0 Å². The van der Waals surface area contributed by atoms with Crippen LogP contribution in [0.1, 0.15) is 54.5 Å². The Labute approximate surface area is 136 Å². The lowest BCUT2D eigenvalue weighted by Gasteiger charge is -2.27. The van der Waals surface area contributed by atoms with Crippen molar-refractivity contribution < 1.29 is 23.8 Å². The van der Waals surface area contributed by atoms with E-state index < -0.39 is 5.97 Å². The number of carbonyl (C=O) groups excluding carboxylic acids is 1. The summed E-state index contributed by atoms with van der Waals surface area (Å²) in [7, 11) is 1.66. The Morgan fingerprint density at radius 1 is 1.43 bits per heavy atom. The highest BCUT2D eigenvalue weighted by molar-refractivity contribution is 5.88. The van der Waals surface area contributed by atoms with Gasteiger partial charge in [0, 0.05) is 7.05 Å². The van der Waals surface area contributed by atoms with Crippen LogP contribution in [0.4, 0.5) is 0 Å². The van der Waals surface area contributed by atoms with Crippen LogP contribution in [-0.2, 0) is 16.1 Å². The molecule has 2 atom stereocenters. The summed E-state index contributed by atoms with van der Waals surface area (Å²) in [6.07, 6.45) is 4.58. The summed E-state index contributed by atoms with van der Waals surface area (Å²) in [6, 6.07) is 1.46. The Kier molecular flexibility index (Phi) is 5.82. The summed E-state index contributed by atoms with van der Waals surface area (Å²) in [6.45, 7) is 4.10. The van der Waals surface area contributed by atoms with Crippen LogP contribution in [0, 0.1) is 12.8 Å². The number of ether oxygens (including phenoxy) is 1. The SMILES string of the molecule is Cc1oc(CN(C)C(=O)CO[C@@H]2CCC[C@@H](C)C2)cc1C(=O)O. The quantitative estimate of drug-likeness (QED) is 0.870. The molecule has 0 aliphatic heterocycles. The van der Waals surface area contributed by atoms with Crippen molar-refractivity contribution in [2.45, 2.75) is 52.2 Å². The minimum absolute atomic E-state index is 0.0549. The fourth-order valence-electron chi connectivity index (χ4n) is 2.99. The molecule has 1 saturated carbocycles. The van der Waals surface area contributed by atoms with E-state index in [1.54, 1.807) is 14.0 Å². The van der Waals surface area contributed by atoms with Crippen LogP contribution in [0.2, 0.25) is 0 Å². The lowest BCUT2D eigenvalue weighted by molar-refractivity contribution is -0.138. The minimum atomic E-state index is -1.03. The number of carbonyl (C=O) groups is 2. The van der Waals surface area contributed by atoms with Crippen molar-refractivity contribution in [1.29, 1.82) is 0 Å². The molecule has 1 amide bonds. The highest BCUT2D eigenvalue weighted by Gasteiger charge is 2.22. The normalized spacial score (nSPS) is 21.2. The number of carboxylic acids is 1. The number of furan rings is 1. The van der Waals surface area contributed by atoms with E-state index in [4.69, 9.17) is 14.3 Å². The van der Waals surface area contributed by atoms with Gasteiger partial charge in [0.15, 0.2) is 0 Å². The third-order valence-corrected chi connectivity index (χ3v) is 4.35. The molecule has 1 aliphatic carbocycles. The molecule has 0 bridgehead atoms. The average molecular weight is 323 g/mol. The number of carboxylic acid groups (broad SMARTS) is 1. The van der Waals surface area contributed by atoms with Crippen LogP contribution in [0.5, 0.6) is 0 Å². The molecule has 1 fully saturated rings. The molecule has 0 unspecified atom stereocenters. The van der Waals surface area contributed by atoms with Gasteiger partial charge in [-0.1, -0.05) is 19.8 Å². The van der Waals surface area contributed by atoms with Crippen LogP contribution >= 0.6 is 0 Å². The molecular formula is C17H25NO5. The number of rotatable bonds is 6. The maximum absolute atomic E-state index is 12.1. The van der Waals surface area contributed by atoms with Crippen molar-refractivity contribution in [2.75, 3.05) is 13.7 Å². The highest BCUT2D eigenvalue weighted by Crippen LogP contribution is 2.25. The molecule has 1 aromatic rings. The maximum atomic E-state index is 12.1. The van der Waals surface area contributed by atoms with Crippen LogP contribution in [0.15, 0.2) is 10.5 Å². The molecule has 1 aliphatic rings. The van der Waals surface area contributed by atoms with Gasteiger partial charge in [-0.2, -0.15) is 0 Å². The number of hydrogen-bond donors (Lipinski definition) is 1. The van der Waals surface area contributed by atoms with Crippen molar-refractivity contribution in [3.05, 3.63) is 23.2 Å². The zero-order valence-corrected chi connectivity index (χ0v) is 14.0. The Hall–Kier alpha value is -1.82. The zero-order chi connectivity index (χ0) is 17.0. The predicted molar refractivity (Wildman–Crippen MR) is 84.3 cm³/mol. The lowest BCUT2D eigenvalue weighted by Crippen LogP contribution is -2.32. The molecule has 0 spiro atoms. The Bertz CT molecular complexity index is 565. The first kappa shape index (κ1) is 17.5. The fraction of sp³-hybridized carbons (Fsp3) is 0.647. The third-order valence-electron chi connectivity index (χ3n) is 4.35. The van der Waals surface area contributed by atoms with E-state index in [0.29, 0.717) is 17.4 Å². The van der Waals surface area contributed by atoms with Crippen LogP contribution < -0.4 is 0 Å². The van der Waals surface area contributed by atoms with E-state index in [1.807, 2.05) is 0 Å². The summed E-state index contributed by atoms with van der Waals surface area (Å²) in [4.78, 5) is 24.6. The summed E-state index contributed by atoms with van der Waals surface area (Å²) >= 11 is 0. The number of hydrogen-bond acceptors (Lipinski definition) is 4. The van der Waals surface area contributed by atoms with Gasteiger partial charge in [0.2, 0.25) is 5.91 Å². The first-order valence-corrected chi connectivity index (χ1v) is 8.05. The molecule has 0 radical (unpaired) electrons. The van der Waals surface area contributed by atoms with Crippen molar-refractivity contribution >= 4 is 11.9 Å². The van der Waals surface area contributed by atoms with Crippen LogP contribution in [-0.4, -0.2) is 41.6 Å². The van der Waals surface area contributed by atoms with E-state index in [0.717, 1.165) is 19.3 Å². The van der Waals surface area contributed by atoms with Gasteiger partial charge in [-0.25, -0.2) is 4.79 Å². The highest BCUT2D eigenvalue weighted by atomic mass is 16.5. The van der Waals surface area contributed by atoms with Gasteiger partial charge in [0.1, 0.15) is 23.7 Å². The first-order chi connectivity index (χ1) is 10.9. The average Bonchev–Trinajstić information content (AvgIpc) is 2.85. The van der Waals surface area contributed by atoms with Gasteiger partial charge in [0.25, 0.3) is 0 Å². The van der Waals surface area contributed by atoms with Gasteiger partial charge in [-0.05, 0) is 31.7 Å². The Balaban J connectivity index is 1.82.